The second kappa shape index (κ2) is 7.89. The van der Waals surface area contributed by atoms with Crippen LogP contribution in [0, 0.1) is 0 Å². The van der Waals surface area contributed by atoms with Crippen molar-refractivity contribution < 1.29 is 19.1 Å². The van der Waals surface area contributed by atoms with Gasteiger partial charge in [-0.3, -0.25) is 4.79 Å². The fourth-order valence-corrected chi connectivity index (χ4v) is 1.65. The van der Waals surface area contributed by atoms with Crippen LogP contribution in [0.2, 0.25) is 0 Å². The third kappa shape index (κ3) is 4.38. The maximum Gasteiger partial charge on any atom is 0.338 e. The third-order valence-electron chi connectivity index (χ3n) is 2.75. The number of carbonyl (C=O) groups excluding carboxylic acids is 2. The van der Waals surface area contributed by atoms with Gasteiger partial charge in [0.15, 0.2) is 6.61 Å². The number of nitrogens with one attached hydrogen (secondary N) is 1. The number of hydrogen-bond donors (Lipinski definition) is 1. The quantitative estimate of drug-likeness (QED) is 0.579. The Morgan fingerprint density at radius 2 is 2.05 bits per heavy atom. The van der Waals surface area contributed by atoms with Crippen LogP contribution < -0.4 is 5.32 Å². The van der Waals surface area contributed by atoms with E-state index in [2.05, 4.69) is 15.4 Å². The summed E-state index contributed by atoms with van der Waals surface area (Å²) in [5.74, 6) is -0.934. The molecule has 1 aromatic carbocycles. The number of rotatable bonds is 7. The van der Waals surface area contributed by atoms with Crippen molar-refractivity contribution >= 4 is 11.9 Å². The monoisotopic (exact) mass is 304 g/mol. The van der Waals surface area contributed by atoms with Crippen molar-refractivity contribution in [3.05, 3.63) is 42.5 Å². The Bertz CT molecular complexity index is 610. The molecular formula is C14H16N4O4. The van der Waals surface area contributed by atoms with E-state index in [0.29, 0.717) is 18.7 Å². The fraction of sp³-hybridized carbons (Fsp3) is 0.286. The first-order chi connectivity index (χ1) is 10.7. The van der Waals surface area contributed by atoms with Gasteiger partial charge in [-0.15, -0.1) is 0 Å². The standard InChI is InChI=1S/C14H16N4O4/c1-21-7-6-16-13(19)8-22-14(20)11-2-4-12(5-3-11)18-10-15-9-17-18/h2-5,9-10H,6-8H2,1H3,(H,16,19). The highest BCUT2D eigenvalue weighted by atomic mass is 16.5. The van der Waals surface area contributed by atoms with E-state index in [1.807, 2.05) is 0 Å². The predicted molar refractivity (Wildman–Crippen MR) is 76.5 cm³/mol. The van der Waals surface area contributed by atoms with Gasteiger partial charge >= 0.3 is 5.97 Å². The van der Waals surface area contributed by atoms with E-state index in [-0.39, 0.29) is 12.5 Å². The van der Waals surface area contributed by atoms with Gasteiger partial charge < -0.3 is 14.8 Å². The van der Waals surface area contributed by atoms with Gasteiger partial charge in [0.2, 0.25) is 0 Å². The normalized spacial score (nSPS) is 10.2. The van der Waals surface area contributed by atoms with Crippen LogP contribution in [0.1, 0.15) is 10.4 Å². The van der Waals surface area contributed by atoms with Gasteiger partial charge in [-0.05, 0) is 24.3 Å². The Morgan fingerprint density at radius 1 is 1.27 bits per heavy atom. The van der Waals surface area contributed by atoms with Gasteiger partial charge in [-0.25, -0.2) is 14.5 Å². The summed E-state index contributed by atoms with van der Waals surface area (Å²) in [4.78, 5) is 27.1. The molecule has 1 amide bonds. The number of carbonyl (C=O) groups is 2. The van der Waals surface area contributed by atoms with Gasteiger partial charge in [-0.1, -0.05) is 0 Å². The highest BCUT2D eigenvalue weighted by molar-refractivity contribution is 5.91. The number of benzene rings is 1. The maximum absolute atomic E-state index is 11.8. The smallest absolute Gasteiger partial charge is 0.338 e. The summed E-state index contributed by atoms with van der Waals surface area (Å²) in [6.45, 7) is 0.455. The van der Waals surface area contributed by atoms with Gasteiger partial charge in [-0.2, -0.15) is 5.10 Å². The van der Waals surface area contributed by atoms with Gasteiger partial charge in [0.05, 0.1) is 17.9 Å². The van der Waals surface area contributed by atoms with E-state index in [0.717, 1.165) is 5.69 Å². The first-order valence-electron chi connectivity index (χ1n) is 6.58. The van der Waals surface area contributed by atoms with Crippen LogP contribution in [0.15, 0.2) is 36.9 Å². The lowest BCUT2D eigenvalue weighted by Gasteiger charge is -2.06. The summed E-state index contributed by atoms with van der Waals surface area (Å²) in [6, 6.07) is 6.62. The van der Waals surface area contributed by atoms with Crippen LogP contribution in [0.25, 0.3) is 5.69 Å². The zero-order valence-electron chi connectivity index (χ0n) is 12.1. The van der Waals surface area contributed by atoms with Crippen LogP contribution in [-0.4, -0.2) is 53.5 Å². The molecule has 22 heavy (non-hydrogen) atoms. The van der Waals surface area contributed by atoms with E-state index in [1.54, 1.807) is 35.3 Å². The highest BCUT2D eigenvalue weighted by Crippen LogP contribution is 2.09. The average molecular weight is 304 g/mol. The average Bonchev–Trinajstić information content (AvgIpc) is 3.07. The van der Waals surface area contributed by atoms with E-state index in [1.165, 1.54) is 13.4 Å². The molecule has 0 spiro atoms. The van der Waals surface area contributed by atoms with Crippen molar-refractivity contribution in [3.8, 4) is 5.69 Å². The Kier molecular flexibility index (Phi) is 5.61. The molecule has 0 aliphatic carbocycles. The Labute approximate surface area is 127 Å². The number of aromatic nitrogens is 3. The lowest BCUT2D eigenvalue weighted by Crippen LogP contribution is -2.31. The van der Waals surface area contributed by atoms with Crippen LogP contribution in [-0.2, 0) is 14.3 Å². The van der Waals surface area contributed by atoms with E-state index < -0.39 is 5.97 Å². The van der Waals surface area contributed by atoms with Crippen molar-refractivity contribution in [2.45, 2.75) is 0 Å². The second-order valence-electron chi connectivity index (χ2n) is 4.31. The minimum Gasteiger partial charge on any atom is -0.452 e. The fourth-order valence-electron chi connectivity index (χ4n) is 1.65. The summed E-state index contributed by atoms with van der Waals surface area (Å²) in [6.07, 6.45) is 2.97. The predicted octanol–water partition coefficient (Wildman–Crippen LogP) is 0.187. The zero-order valence-corrected chi connectivity index (χ0v) is 12.1. The zero-order chi connectivity index (χ0) is 15.8. The van der Waals surface area contributed by atoms with Crippen LogP contribution in [0.4, 0.5) is 0 Å². The Balaban J connectivity index is 1.84. The molecule has 8 nitrogen and oxygen atoms in total. The number of esters is 1. The molecule has 0 bridgehead atoms. The van der Waals surface area contributed by atoms with Crippen molar-refractivity contribution in [1.29, 1.82) is 0 Å². The first kappa shape index (κ1) is 15.6. The van der Waals surface area contributed by atoms with E-state index in [4.69, 9.17) is 9.47 Å². The first-order valence-corrected chi connectivity index (χ1v) is 6.58. The number of methoxy groups -OCH3 is 1. The molecule has 116 valence electrons. The van der Waals surface area contributed by atoms with Crippen LogP contribution in [0.3, 0.4) is 0 Å². The molecule has 0 aliphatic heterocycles. The SMILES string of the molecule is COCCNC(=O)COC(=O)c1ccc(-n2cncn2)cc1. The maximum atomic E-state index is 11.8. The topological polar surface area (TPSA) is 95.3 Å². The summed E-state index contributed by atoms with van der Waals surface area (Å²) in [5, 5.41) is 6.54. The van der Waals surface area contributed by atoms with Crippen LogP contribution >= 0.6 is 0 Å². The highest BCUT2D eigenvalue weighted by Gasteiger charge is 2.10. The number of nitrogens with zero attached hydrogens (tertiary/aromatic N) is 3. The minimum absolute atomic E-state index is 0.326. The van der Waals surface area contributed by atoms with Crippen molar-refractivity contribution in [3.63, 3.8) is 0 Å². The van der Waals surface area contributed by atoms with Gasteiger partial charge in [0.25, 0.3) is 5.91 Å². The molecule has 0 saturated heterocycles. The Hall–Kier alpha value is -2.74. The molecule has 0 aliphatic rings. The lowest BCUT2D eigenvalue weighted by atomic mass is 10.2. The summed E-state index contributed by atoms with van der Waals surface area (Å²) >= 11 is 0. The number of hydrogen-bond acceptors (Lipinski definition) is 6. The lowest BCUT2D eigenvalue weighted by molar-refractivity contribution is -0.124. The van der Waals surface area contributed by atoms with Crippen LogP contribution in [0.5, 0.6) is 0 Å². The van der Waals surface area contributed by atoms with E-state index >= 15 is 0 Å². The molecule has 1 heterocycles. The molecule has 8 heteroatoms. The van der Waals surface area contributed by atoms with E-state index in [9.17, 15) is 9.59 Å². The minimum atomic E-state index is -0.563. The molecular weight excluding hydrogens is 288 g/mol. The number of amides is 1. The van der Waals surface area contributed by atoms with Gasteiger partial charge in [0.1, 0.15) is 12.7 Å². The Morgan fingerprint density at radius 3 is 2.68 bits per heavy atom. The molecule has 0 unspecified atom stereocenters. The molecule has 2 rings (SSSR count). The third-order valence-corrected chi connectivity index (χ3v) is 2.75. The van der Waals surface area contributed by atoms with Crippen molar-refractivity contribution in [2.24, 2.45) is 0 Å². The van der Waals surface area contributed by atoms with Crippen molar-refractivity contribution in [2.75, 3.05) is 26.9 Å². The molecule has 0 radical (unpaired) electrons. The molecule has 1 N–H and O–H groups in total. The summed E-state index contributed by atoms with van der Waals surface area (Å²) in [7, 11) is 1.54. The largest absolute Gasteiger partial charge is 0.452 e. The molecule has 1 aromatic heterocycles. The summed E-state index contributed by atoms with van der Waals surface area (Å²) in [5.41, 5.74) is 1.12. The molecule has 0 atom stereocenters. The molecule has 0 fully saturated rings. The molecule has 2 aromatic rings. The second-order valence-corrected chi connectivity index (χ2v) is 4.31. The molecule has 0 saturated carbocycles. The van der Waals surface area contributed by atoms with Gasteiger partial charge in [0, 0.05) is 13.7 Å². The number of ether oxygens (including phenoxy) is 2. The summed E-state index contributed by atoms with van der Waals surface area (Å²) < 4.78 is 11.3. The van der Waals surface area contributed by atoms with Crippen molar-refractivity contribution in [1.82, 2.24) is 20.1 Å².